The lowest BCUT2D eigenvalue weighted by atomic mass is 10.1. The third-order valence-electron chi connectivity index (χ3n) is 5.98. The third kappa shape index (κ3) is 5.60. The second kappa shape index (κ2) is 9.38. The number of hydrogen-bond acceptors (Lipinski definition) is 9. The van der Waals surface area contributed by atoms with Crippen molar-refractivity contribution >= 4 is 47.6 Å². The number of rotatable bonds is 6. The van der Waals surface area contributed by atoms with Gasteiger partial charge in [0.1, 0.15) is 18.3 Å². The summed E-state index contributed by atoms with van der Waals surface area (Å²) in [7, 11) is -2.08. The highest BCUT2D eigenvalue weighted by molar-refractivity contribution is 9.00. The Hall–Kier alpha value is 0.0869. The Morgan fingerprint density at radius 3 is 2.55 bits per heavy atom. The summed E-state index contributed by atoms with van der Waals surface area (Å²) in [4.78, 5) is 26.5. The molecule has 3 heterocycles. The first-order chi connectivity index (χ1) is 14.2. The fourth-order valence-corrected chi connectivity index (χ4v) is 13.4. The van der Waals surface area contributed by atoms with E-state index >= 15 is 0 Å². The van der Waals surface area contributed by atoms with Crippen molar-refractivity contribution in [3.8, 4) is 0 Å². The van der Waals surface area contributed by atoms with E-state index in [-0.39, 0.29) is 11.6 Å². The van der Waals surface area contributed by atoms with E-state index in [4.69, 9.17) is 25.5 Å². The van der Waals surface area contributed by atoms with Crippen LogP contribution in [-0.4, -0.2) is 59.4 Å². The van der Waals surface area contributed by atoms with Crippen LogP contribution in [0.1, 0.15) is 32.6 Å². The van der Waals surface area contributed by atoms with E-state index < -0.39 is 48.8 Å². The number of nitrogens with zero attached hydrogens (tertiary/aromatic N) is 1. The lowest BCUT2D eigenvalue weighted by Crippen LogP contribution is -2.45. The summed E-state index contributed by atoms with van der Waals surface area (Å²) in [5, 5.41) is 11.1. The van der Waals surface area contributed by atoms with Crippen LogP contribution in [0.25, 0.3) is 0 Å². The van der Waals surface area contributed by atoms with Gasteiger partial charge in [-0.05, 0) is 36.9 Å². The highest BCUT2D eigenvalue weighted by Gasteiger charge is 2.50. The van der Waals surface area contributed by atoms with Gasteiger partial charge in [-0.15, -0.1) is 0 Å². The molecule has 13 heteroatoms. The van der Waals surface area contributed by atoms with Crippen molar-refractivity contribution in [2.24, 2.45) is 0 Å². The Morgan fingerprint density at radius 2 is 1.97 bits per heavy atom. The standard InChI is InChI=1S/C18H31N2O6PS3Si/c1-11-9-20(17(23)19-15(11)22)16-13(21)14(26-27(28)29-7-8-30-27)12(25-16)10-24-31(5,6)18(2,3)4/h9,12-14,16,21H,7-8,10H2,1-6H3,(H,19,22,23)/t12-,13-,14-,16-/m1/s1. The zero-order valence-electron chi connectivity index (χ0n) is 18.6. The maximum Gasteiger partial charge on any atom is 0.330 e. The molecule has 0 radical (unpaired) electrons. The highest BCUT2D eigenvalue weighted by atomic mass is 33.2. The minimum atomic E-state index is -2.20. The van der Waals surface area contributed by atoms with Gasteiger partial charge in [0.25, 0.3) is 5.56 Å². The molecular formula is C18H31N2O6PS3Si. The molecule has 0 bridgehead atoms. The molecule has 0 aliphatic carbocycles. The summed E-state index contributed by atoms with van der Waals surface area (Å²) in [5.41, 5.74) is -0.756. The number of aryl methyl sites for hydroxylation is 1. The van der Waals surface area contributed by atoms with E-state index in [1.54, 1.807) is 29.7 Å². The van der Waals surface area contributed by atoms with Gasteiger partial charge in [0.05, 0.1) is 6.61 Å². The van der Waals surface area contributed by atoms with Crippen LogP contribution in [0.3, 0.4) is 0 Å². The Morgan fingerprint density at radius 1 is 1.35 bits per heavy atom. The molecule has 2 aliphatic rings. The van der Waals surface area contributed by atoms with Crippen molar-refractivity contribution in [3.05, 3.63) is 32.6 Å². The summed E-state index contributed by atoms with van der Waals surface area (Å²) in [5.74, 6) is 1.83. The fourth-order valence-electron chi connectivity index (χ4n) is 3.04. The first-order valence-electron chi connectivity index (χ1n) is 10.1. The van der Waals surface area contributed by atoms with Gasteiger partial charge in [-0.2, -0.15) is 0 Å². The molecule has 0 saturated carbocycles. The smallest absolute Gasteiger partial charge is 0.330 e. The van der Waals surface area contributed by atoms with Crippen LogP contribution >= 0.6 is 27.4 Å². The van der Waals surface area contributed by atoms with Crippen molar-refractivity contribution < 1.29 is 18.8 Å². The Kier molecular flexibility index (Phi) is 7.78. The zero-order valence-corrected chi connectivity index (χ0v) is 23.0. The minimum Gasteiger partial charge on any atom is -0.414 e. The van der Waals surface area contributed by atoms with Gasteiger partial charge < -0.3 is 18.8 Å². The molecule has 0 aromatic carbocycles. The number of ether oxygens (including phenoxy) is 1. The van der Waals surface area contributed by atoms with Crippen molar-refractivity contribution in [1.82, 2.24) is 9.55 Å². The molecule has 2 aliphatic heterocycles. The maximum atomic E-state index is 12.4. The molecular weight excluding hydrogens is 495 g/mol. The molecule has 0 spiro atoms. The minimum absolute atomic E-state index is 0.0103. The van der Waals surface area contributed by atoms with Crippen LogP contribution in [0.2, 0.25) is 18.1 Å². The van der Waals surface area contributed by atoms with Gasteiger partial charge in [-0.25, -0.2) is 4.79 Å². The average molecular weight is 527 g/mol. The van der Waals surface area contributed by atoms with Crippen LogP contribution in [0.5, 0.6) is 0 Å². The van der Waals surface area contributed by atoms with Crippen molar-refractivity contribution in [2.75, 3.05) is 18.1 Å². The van der Waals surface area contributed by atoms with Gasteiger partial charge in [0, 0.05) is 23.3 Å². The van der Waals surface area contributed by atoms with Gasteiger partial charge in [0.15, 0.2) is 19.2 Å². The average Bonchev–Trinajstić information content (AvgIpc) is 3.21. The van der Waals surface area contributed by atoms with Crippen LogP contribution in [0.4, 0.5) is 0 Å². The normalized spacial score (nSPS) is 28.9. The molecule has 3 rings (SSSR count). The SMILES string of the molecule is Cc1cn([C@@H]2O[C@H](CO[Si](C)(C)C(C)(C)C)[C@@H](OP3(=S)SCCS3)[C@H]2O)c(=O)[nH]c1=O. The molecule has 0 unspecified atom stereocenters. The van der Waals surface area contributed by atoms with Gasteiger partial charge in [-0.1, -0.05) is 43.5 Å². The molecule has 1 aromatic heterocycles. The second-order valence-electron chi connectivity index (χ2n) is 9.29. The molecule has 0 amide bonds. The lowest BCUT2D eigenvalue weighted by molar-refractivity contribution is -0.0526. The zero-order chi connectivity index (χ0) is 23.2. The van der Waals surface area contributed by atoms with Crippen LogP contribution in [-0.2, 0) is 25.5 Å². The number of H-pyrrole nitrogens is 1. The van der Waals surface area contributed by atoms with Crippen LogP contribution < -0.4 is 11.2 Å². The number of aromatic amines is 1. The number of nitrogens with one attached hydrogen (secondary N) is 1. The third-order valence-corrected chi connectivity index (χ3v) is 20.2. The highest BCUT2D eigenvalue weighted by Crippen LogP contribution is 2.75. The predicted molar refractivity (Wildman–Crippen MR) is 133 cm³/mol. The van der Waals surface area contributed by atoms with Gasteiger partial charge >= 0.3 is 5.69 Å². The molecule has 31 heavy (non-hydrogen) atoms. The van der Waals surface area contributed by atoms with Crippen molar-refractivity contribution in [2.45, 2.75) is 70.4 Å². The monoisotopic (exact) mass is 526 g/mol. The largest absolute Gasteiger partial charge is 0.414 e. The summed E-state index contributed by atoms with van der Waals surface area (Å²) in [6.07, 6.45) is -2.04. The Balaban J connectivity index is 1.89. The summed E-state index contributed by atoms with van der Waals surface area (Å²) in [6.45, 7) is 12.6. The molecule has 2 fully saturated rings. The molecule has 4 atom stereocenters. The van der Waals surface area contributed by atoms with Crippen LogP contribution in [0.15, 0.2) is 15.8 Å². The number of aliphatic hydroxyl groups excluding tert-OH is 1. The Bertz CT molecular complexity index is 968. The number of aromatic nitrogens is 2. The quantitative estimate of drug-likeness (QED) is 0.427. The molecule has 2 N–H and O–H groups in total. The fraction of sp³-hybridized carbons (Fsp3) is 0.778. The van der Waals surface area contributed by atoms with E-state index in [0.717, 1.165) is 11.5 Å². The summed E-state index contributed by atoms with van der Waals surface area (Å²) < 4.78 is 17.8. The van der Waals surface area contributed by atoms with E-state index in [0.29, 0.717) is 5.56 Å². The maximum absolute atomic E-state index is 12.4. The topological polar surface area (TPSA) is 103 Å². The molecule has 1 aromatic rings. The number of aliphatic hydroxyl groups is 1. The first kappa shape index (κ1) is 25.7. The van der Waals surface area contributed by atoms with E-state index in [1.165, 1.54) is 10.8 Å². The molecule has 8 nitrogen and oxygen atoms in total. The lowest BCUT2D eigenvalue weighted by Gasteiger charge is -2.37. The van der Waals surface area contributed by atoms with E-state index in [2.05, 4.69) is 38.8 Å². The van der Waals surface area contributed by atoms with Gasteiger partial charge in [-0.3, -0.25) is 14.3 Å². The number of hydrogen-bond donors (Lipinski definition) is 2. The second-order valence-corrected chi connectivity index (χ2v) is 24.8. The molecule has 2 saturated heterocycles. The predicted octanol–water partition coefficient (Wildman–Crippen LogP) is 3.21. The Labute approximate surface area is 196 Å². The summed E-state index contributed by atoms with van der Waals surface area (Å²) >= 11 is 8.99. The summed E-state index contributed by atoms with van der Waals surface area (Å²) in [6, 6.07) is 0. The van der Waals surface area contributed by atoms with Crippen molar-refractivity contribution in [1.29, 1.82) is 0 Å². The first-order valence-corrected chi connectivity index (χ1v) is 18.9. The van der Waals surface area contributed by atoms with Gasteiger partial charge in [0.2, 0.25) is 0 Å². The molecule has 176 valence electrons. The van der Waals surface area contributed by atoms with E-state index in [1.807, 2.05) is 0 Å². The van der Waals surface area contributed by atoms with E-state index in [9.17, 15) is 14.7 Å². The van der Waals surface area contributed by atoms with Crippen molar-refractivity contribution in [3.63, 3.8) is 0 Å². The van der Waals surface area contributed by atoms with Crippen LogP contribution in [0, 0.1) is 6.92 Å².